The van der Waals surface area contributed by atoms with Crippen LogP contribution in [-0.2, 0) is 9.59 Å². The second kappa shape index (κ2) is 3.52. The van der Waals surface area contributed by atoms with Crippen LogP contribution in [0.1, 0.15) is 20.3 Å². The largest absolute Gasteiger partial charge is 0.320 e. The van der Waals surface area contributed by atoms with Crippen LogP contribution < -0.4 is 0 Å². The molecule has 1 unspecified atom stereocenters. The van der Waals surface area contributed by atoms with Gasteiger partial charge in [0.15, 0.2) is 0 Å². The van der Waals surface area contributed by atoms with Crippen molar-refractivity contribution in [3.05, 3.63) is 12.3 Å². The first kappa shape index (κ1) is 8.97. The Morgan fingerprint density at radius 3 is 2.42 bits per heavy atom. The molecule has 0 aliphatic carbocycles. The number of ketones is 1. The van der Waals surface area contributed by atoms with Gasteiger partial charge < -0.3 is 4.90 Å². The molecule has 1 heterocycles. The summed E-state index contributed by atoms with van der Waals surface area (Å²) in [4.78, 5) is 23.4. The minimum Gasteiger partial charge on any atom is -0.320 e. The Morgan fingerprint density at radius 1 is 1.42 bits per heavy atom. The maximum Gasteiger partial charge on any atom is 0.223 e. The molecule has 0 saturated heterocycles. The highest BCUT2D eigenvalue weighted by molar-refractivity contribution is 5.81. The molecule has 1 aliphatic heterocycles. The fourth-order valence-electron chi connectivity index (χ4n) is 1.26. The molecule has 3 heteroatoms. The van der Waals surface area contributed by atoms with Gasteiger partial charge in [0.2, 0.25) is 5.91 Å². The smallest absolute Gasteiger partial charge is 0.223 e. The van der Waals surface area contributed by atoms with Crippen molar-refractivity contribution < 1.29 is 9.59 Å². The summed E-state index contributed by atoms with van der Waals surface area (Å²) >= 11 is 0. The fourth-order valence-corrected chi connectivity index (χ4v) is 1.26. The molecule has 0 aromatic heterocycles. The Bertz CT molecular complexity index is 209. The monoisotopic (exact) mass is 167 g/mol. The van der Waals surface area contributed by atoms with Crippen molar-refractivity contribution in [3.63, 3.8) is 0 Å². The topological polar surface area (TPSA) is 37.4 Å². The van der Waals surface area contributed by atoms with Crippen molar-refractivity contribution in [1.29, 1.82) is 0 Å². The van der Waals surface area contributed by atoms with Crippen LogP contribution >= 0.6 is 0 Å². The number of hydrogen-bond donors (Lipinski definition) is 0. The first-order valence-electron chi connectivity index (χ1n) is 4.07. The Kier molecular flexibility index (Phi) is 2.63. The predicted molar refractivity (Wildman–Crippen MR) is 45.3 cm³/mol. The zero-order valence-electron chi connectivity index (χ0n) is 7.41. The number of Topliss-reactive ketones (excluding diaryl/α,β-unsaturated/α-hetero) is 1. The van der Waals surface area contributed by atoms with E-state index in [1.807, 2.05) is 0 Å². The lowest BCUT2D eigenvalue weighted by atomic mass is 9.98. The SMILES string of the molecule is CC(=O)C1C=CN(C(C)=O)CC1. The van der Waals surface area contributed by atoms with E-state index < -0.39 is 0 Å². The molecular weight excluding hydrogens is 154 g/mol. The fraction of sp³-hybridized carbons (Fsp3) is 0.556. The van der Waals surface area contributed by atoms with Crippen LogP contribution in [-0.4, -0.2) is 23.1 Å². The molecule has 0 radical (unpaired) electrons. The molecule has 3 nitrogen and oxygen atoms in total. The molecule has 1 atom stereocenters. The molecule has 66 valence electrons. The highest BCUT2D eigenvalue weighted by Crippen LogP contribution is 2.14. The van der Waals surface area contributed by atoms with E-state index in [-0.39, 0.29) is 17.6 Å². The second-order valence-electron chi connectivity index (χ2n) is 3.06. The molecule has 0 aromatic rings. The van der Waals surface area contributed by atoms with Crippen molar-refractivity contribution in [1.82, 2.24) is 4.90 Å². The van der Waals surface area contributed by atoms with Crippen LogP contribution in [0.25, 0.3) is 0 Å². The Morgan fingerprint density at radius 2 is 2.08 bits per heavy atom. The quantitative estimate of drug-likeness (QED) is 0.583. The number of allylic oxidation sites excluding steroid dienone is 1. The van der Waals surface area contributed by atoms with Crippen molar-refractivity contribution >= 4 is 11.7 Å². The van der Waals surface area contributed by atoms with Crippen molar-refractivity contribution in [2.75, 3.05) is 6.54 Å². The van der Waals surface area contributed by atoms with Gasteiger partial charge in [-0.05, 0) is 13.3 Å². The van der Waals surface area contributed by atoms with Gasteiger partial charge >= 0.3 is 0 Å². The van der Waals surface area contributed by atoms with E-state index >= 15 is 0 Å². The molecule has 1 amide bonds. The van der Waals surface area contributed by atoms with Gasteiger partial charge in [-0.2, -0.15) is 0 Å². The molecule has 0 aromatic carbocycles. The number of rotatable bonds is 1. The van der Waals surface area contributed by atoms with Crippen LogP contribution in [0.3, 0.4) is 0 Å². The van der Waals surface area contributed by atoms with Crippen LogP contribution in [0.5, 0.6) is 0 Å². The van der Waals surface area contributed by atoms with Gasteiger partial charge in [-0.25, -0.2) is 0 Å². The van der Waals surface area contributed by atoms with Crippen molar-refractivity contribution in [3.8, 4) is 0 Å². The van der Waals surface area contributed by atoms with E-state index in [9.17, 15) is 9.59 Å². The summed E-state index contributed by atoms with van der Waals surface area (Å²) in [7, 11) is 0. The lowest BCUT2D eigenvalue weighted by Crippen LogP contribution is -2.30. The number of amides is 1. The Balaban J connectivity index is 2.59. The average Bonchev–Trinajstić information content (AvgIpc) is 2.04. The van der Waals surface area contributed by atoms with Crippen molar-refractivity contribution in [2.24, 2.45) is 5.92 Å². The lowest BCUT2D eigenvalue weighted by molar-refractivity contribution is -0.128. The average molecular weight is 167 g/mol. The summed E-state index contributed by atoms with van der Waals surface area (Å²) in [6.45, 7) is 3.77. The number of hydrogen-bond acceptors (Lipinski definition) is 2. The standard InChI is InChI=1S/C9H13NO2/c1-7(11)9-3-5-10(6-4-9)8(2)12/h3,5,9H,4,6H2,1-2H3. The Hall–Kier alpha value is -1.12. The molecule has 0 saturated carbocycles. The summed E-state index contributed by atoms with van der Waals surface area (Å²) in [5.41, 5.74) is 0. The molecule has 1 rings (SSSR count). The van der Waals surface area contributed by atoms with E-state index in [1.54, 1.807) is 24.1 Å². The zero-order chi connectivity index (χ0) is 9.14. The van der Waals surface area contributed by atoms with Gasteiger partial charge in [-0.3, -0.25) is 9.59 Å². The minimum absolute atomic E-state index is 0.0144. The van der Waals surface area contributed by atoms with E-state index in [1.165, 1.54) is 6.92 Å². The number of carbonyl (C=O) groups excluding carboxylic acids is 2. The Labute approximate surface area is 72.0 Å². The van der Waals surface area contributed by atoms with Gasteiger partial charge in [0, 0.05) is 25.6 Å². The normalized spacial score (nSPS) is 22.5. The first-order chi connectivity index (χ1) is 5.61. The van der Waals surface area contributed by atoms with E-state index in [0.29, 0.717) is 6.54 Å². The summed E-state index contributed by atoms with van der Waals surface area (Å²) in [5, 5.41) is 0. The van der Waals surface area contributed by atoms with Crippen LogP contribution in [0.15, 0.2) is 12.3 Å². The van der Waals surface area contributed by atoms with Crippen LogP contribution in [0, 0.1) is 5.92 Å². The maximum atomic E-state index is 10.9. The van der Waals surface area contributed by atoms with E-state index in [4.69, 9.17) is 0 Å². The highest BCUT2D eigenvalue weighted by Gasteiger charge is 2.17. The molecule has 12 heavy (non-hydrogen) atoms. The molecule has 0 fully saturated rings. The third-order valence-electron chi connectivity index (χ3n) is 2.11. The van der Waals surface area contributed by atoms with E-state index in [0.717, 1.165) is 6.42 Å². The summed E-state index contributed by atoms with van der Waals surface area (Å²) in [5.74, 6) is 0.225. The van der Waals surface area contributed by atoms with Crippen LogP contribution in [0.4, 0.5) is 0 Å². The van der Waals surface area contributed by atoms with E-state index in [2.05, 4.69) is 0 Å². The van der Waals surface area contributed by atoms with Gasteiger partial charge in [-0.1, -0.05) is 6.08 Å². The summed E-state index contributed by atoms with van der Waals surface area (Å²) < 4.78 is 0. The van der Waals surface area contributed by atoms with Gasteiger partial charge in [0.05, 0.1) is 0 Å². The van der Waals surface area contributed by atoms with Crippen LogP contribution in [0.2, 0.25) is 0 Å². The highest BCUT2D eigenvalue weighted by atomic mass is 16.2. The molecular formula is C9H13NO2. The lowest BCUT2D eigenvalue weighted by Gasteiger charge is -2.23. The first-order valence-corrected chi connectivity index (χ1v) is 4.07. The van der Waals surface area contributed by atoms with Crippen molar-refractivity contribution in [2.45, 2.75) is 20.3 Å². The second-order valence-corrected chi connectivity index (χ2v) is 3.06. The number of carbonyl (C=O) groups is 2. The molecule has 0 bridgehead atoms. The number of nitrogens with zero attached hydrogens (tertiary/aromatic N) is 1. The minimum atomic E-state index is 0.0144. The third-order valence-corrected chi connectivity index (χ3v) is 2.11. The molecule has 1 aliphatic rings. The molecule has 0 N–H and O–H groups in total. The molecule has 0 spiro atoms. The van der Waals surface area contributed by atoms with Gasteiger partial charge in [0.25, 0.3) is 0 Å². The van der Waals surface area contributed by atoms with Gasteiger partial charge in [-0.15, -0.1) is 0 Å². The maximum absolute atomic E-state index is 10.9. The summed E-state index contributed by atoms with van der Waals surface area (Å²) in [6.07, 6.45) is 4.26. The summed E-state index contributed by atoms with van der Waals surface area (Å²) in [6, 6.07) is 0. The van der Waals surface area contributed by atoms with Gasteiger partial charge in [0.1, 0.15) is 5.78 Å². The zero-order valence-corrected chi connectivity index (χ0v) is 7.41. The third kappa shape index (κ3) is 1.94. The predicted octanol–water partition coefficient (Wildman–Crippen LogP) is 0.957.